The van der Waals surface area contributed by atoms with Gasteiger partial charge in [-0.1, -0.05) is 36.2 Å². The van der Waals surface area contributed by atoms with Crippen LogP contribution in [0, 0.1) is 6.92 Å². The van der Waals surface area contributed by atoms with E-state index in [9.17, 15) is 4.79 Å². The van der Waals surface area contributed by atoms with E-state index in [4.69, 9.17) is 5.11 Å². The number of benzene rings is 1. The Labute approximate surface area is 108 Å². The molecule has 1 aliphatic carbocycles. The van der Waals surface area contributed by atoms with Crippen LogP contribution in [0.3, 0.4) is 0 Å². The Morgan fingerprint density at radius 3 is 2.72 bits per heavy atom. The van der Waals surface area contributed by atoms with Crippen LogP contribution in [0.5, 0.6) is 0 Å². The molecule has 2 N–H and O–H groups in total. The van der Waals surface area contributed by atoms with Crippen molar-refractivity contribution in [2.24, 2.45) is 0 Å². The van der Waals surface area contributed by atoms with Crippen molar-refractivity contribution in [3.63, 3.8) is 0 Å². The molecule has 0 aromatic heterocycles. The molecule has 98 valence electrons. The molecule has 0 spiro atoms. The lowest BCUT2D eigenvalue weighted by Gasteiger charge is -2.41. The van der Waals surface area contributed by atoms with Crippen molar-refractivity contribution in [2.45, 2.75) is 44.6 Å². The number of nitrogens with one attached hydrogen (secondary N) is 1. The molecule has 0 saturated heterocycles. The SMILES string of the molecule is Cc1cccc(C2(C(=O)N[C@H](C)CO)CCC2)c1. The van der Waals surface area contributed by atoms with Crippen LogP contribution in [-0.2, 0) is 10.2 Å². The predicted molar refractivity (Wildman–Crippen MR) is 71.4 cm³/mol. The van der Waals surface area contributed by atoms with Gasteiger partial charge in [-0.05, 0) is 32.3 Å². The van der Waals surface area contributed by atoms with E-state index in [2.05, 4.69) is 11.4 Å². The van der Waals surface area contributed by atoms with Gasteiger partial charge < -0.3 is 10.4 Å². The highest BCUT2D eigenvalue weighted by molar-refractivity contribution is 5.89. The summed E-state index contributed by atoms with van der Waals surface area (Å²) in [7, 11) is 0. The minimum absolute atomic E-state index is 0.0182. The molecule has 0 unspecified atom stereocenters. The van der Waals surface area contributed by atoms with Gasteiger partial charge >= 0.3 is 0 Å². The van der Waals surface area contributed by atoms with E-state index in [-0.39, 0.29) is 24.0 Å². The van der Waals surface area contributed by atoms with E-state index < -0.39 is 0 Å². The molecular formula is C15H21NO2. The number of amides is 1. The van der Waals surface area contributed by atoms with E-state index in [0.29, 0.717) is 0 Å². The lowest BCUT2D eigenvalue weighted by Crippen LogP contribution is -2.52. The van der Waals surface area contributed by atoms with E-state index in [1.54, 1.807) is 0 Å². The van der Waals surface area contributed by atoms with Crippen LogP contribution in [0.1, 0.15) is 37.3 Å². The fraction of sp³-hybridized carbons (Fsp3) is 0.533. The van der Waals surface area contributed by atoms with Crippen molar-refractivity contribution < 1.29 is 9.90 Å². The van der Waals surface area contributed by atoms with Crippen molar-refractivity contribution in [1.82, 2.24) is 5.32 Å². The van der Waals surface area contributed by atoms with Crippen LogP contribution < -0.4 is 5.32 Å². The first-order chi connectivity index (χ1) is 8.58. The second kappa shape index (κ2) is 5.11. The Hall–Kier alpha value is -1.35. The van der Waals surface area contributed by atoms with Crippen molar-refractivity contribution in [1.29, 1.82) is 0 Å². The number of carbonyl (C=O) groups excluding carboxylic acids is 1. The molecule has 0 aliphatic heterocycles. The fourth-order valence-corrected chi connectivity index (χ4v) is 2.53. The number of aliphatic hydroxyl groups is 1. The largest absolute Gasteiger partial charge is 0.394 e. The predicted octanol–water partition coefficient (Wildman–Crippen LogP) is 1.91. The zero-order valence-corrected chi connectivity index (χ0v) is 11.1. The first kappa shape index (κ1) is 13.1. The molecule has 18 heavy (non-hydrogen) atoms. The highest BCUT2D eigenvalue weighted by Gasteiger charge is 2.45. The van der Waals surface area contributed by atoms with Crippen LogP contribution in [-0.4, -0.2) is 23.7 Å². The highest BCUT2D eigenvalue weighted by atomic mass is 16.3. The summed E-state index contributed by atoms with van der Waals surface area (Å²) < 4.78 is 0. The fourth-order valence-electron chi connectivity index (χ4n) is 2.53. The molecule has 1 atom stereocenters. The van der Waals surface area contributed by atoms with Crippen molar-refractivity contribution in [3.05, 3.63) is 35.4 Å². The van der Waals surface area contributed by atoms with E-state index in [1.165, 1.54) is 5.56 Å². The molecular weight excluding hydrogens is 226 g/mol. The molecule has 1 saturated carbocycles. The maximum atomic E-state index is 12.4. The van der Waals surface area contributed by atoms with Gasteiger partial charge in [-0.15, -0.1) is 0 Å². The van der Waals surface area contributed by atoms with E-state index >= 15 is 0 Å². The molecule has 0 heterocycles. The maximum Gasteiger partial charge on any atom is 0.230 e. The zero-order chi connectivity index (χ0) is 13.2. The normalized spacial score (nSPS) is 18.8. The van der Waals surface area contributed by atoms with Crippen molar-refractivity contribution in [2.75, 3.05) is 6.61 Å². The molecule has 3 heteroatoms. The highest BCUT2D eigenvalue weighted by Crippen LogP contribution is 2.44. The lowest BCUT2D eigenvalue weighted by atomic mass is 9.63. The average molecular weight is 247 g/mol. The summed E-state index contributed by atoms with van der Waals surface area (Å²) in [4.78, 5) is 12.4. The van der Waals surface area contributed by atoms with E-state index in [0.717, 1.165) is 24.8 Å². The van der Waals surface area contributed by atoms with Gasteiger partial charge in [-0.25, -0.2) is 0 Å². The Bertz CT molecular complexity index is 438. The van der Waals surface area contributed by atoms with Gasteiger partial charge in [0.2, 0.25) is 5.91 Å². The number of rotatable bonds is 4. The Balaban J connectivity index is 2.23. The second-order valence-corrected chi connectivity index (χ2v) is 5.36. The molecule has 1 aliphatic rings. The van der Waals surface area contributed by atoms with Gasteiger partial charge in [0, 0.05) is 6.04 Å². The topological polar surface area (TPSA) is 49.3 Å². The summed E-state index contributed by atoms with van der Waals surface area (Å²) in [6.45, 7) is 3.85. The van der Waals surface area contributed by atoms with Crippen molar-refractivity contribution in [3.8, 4) is 0 Å². The molecule has 2 rings (SSSR count). The van der Waals surface area contributed by atoms with Gasteiger partial charge in [0.15, 0.2) is 0 Å². The number of aliphatic hydroxyl groups excluding tert-OH is 1. The monoisotopic (exact) mass is 247 g/mol. The maximum absolute atomic E-state index is 12.4. The van der Waals surface area contributed by atoms with Crippen LogP contribution in [0.2, 0.25) is 0 Å². The summed E-state index contributed by atoms with van der Waals surface area (Å²) in [6, 6.07) is 8.01. The van der Waals surface area contributed by atoms with Crippen LogP contribution in [0.15, 0.2) is 24.3 Å². The van der Waals surface area contributed by atoms with E-state index in [1.807, 2.05) is 32.0 Å². The molecule has 0 radical (unpaired) electrons. The summed E-state index contributed by atoms with van der Waals surface area (Å²) in [5.74, 6) is 0.0564. The zero-order valence-electron chi connectivity index (χ0n) is 11.1. The summed E-state index contributed by atoms with van der Waals surface area (Å²) in [5, 5.41) is 11.9. The third-order valence-corrected chi connectivity index (χ3v) is 3.86. The number of carbonyl (C=O) groups is 1. The standard InChI is InChI=1S/C15H21NO2/c1-11-5-3-6-13(9-11)15(7-4-8-15)14(18)16-12(2)10-17/h3,5-6,9,12,17H,4,7-8,10H2,1-2H3,(H,16,18)/t12-/m1/s1. The lowest BCUT2D eigenvalue weighted by molar-refractivity contribution is -0.130. The minimum atomic E-state index is -0.366. The number of aryl methyl sites for hydroxylation is 1. The summed E-state index contributed by atoms with van der Waals surface area (Å²) in [5.41, 5.74) is 1.92. The molecule has 1 aromatic carbocycles. The molecule has 0 bridgehead atoms. The first-order valence-electron chi connectivity index (χ1n) is 6.57. The third kappa shape index (κ3) is 2.27. The van der Waals surface area contributed by atoms with Crippen LogP contribution in [0.25, 0.3) is 0 Å². The van der Waals surface area contributed by atoms with Gasteiger partial charge in [0.05, 0.1) is 12.0 Å². The number of hydrogen-bond acceptors (Lipinski definition) is 2. The van der Waals surface area contributed by atoms with Gasteiger partial charge in [-0.3, -0.25) is 4.79 Å². The van der Waals surface area contributed by atoms with Gasteiger partial charge in [-0.2, -0.15) is 0 Å². The Morgan fingerprint density at radius 2 is 2.22 bits per heavy atom. The third-order valence-electron chi connectivity index (χ3n) is 3.86. The van der Waals surface area contributed by atoms with Crippen LogP contribution >= 0.6 is 0 Å². The number of hydrogen-bond donors (Lipinski definition) is 2. The van der Waals surface area contributed by atoms with Gasteiger partial charge in [0.1, 0.15) is 0 Å². The quantitative estimate of drug-likeness (QED) is 0.854. The molecule has 1 aromatic rings. The molecule has 1 fully saturated rings. The molecule has 1 amide bonds. The summed E-state index contributed by atoms with van der Waals surface area (Å²) >= 11 is 0. The first-order valence-corrected chi connectivity index (χ1v) is 6.57. The van der Waals surface area contributed by atoms with Crippen LogP contribution in [0.4, 0.5) is 0 Å². The smallest absolute Gasteiger partial charge is 0.230 e. The van der Waals surface area contributed by atoms with Crippen molar-refractivity contribution >= 4 is 5.91 Å². The summed E-state index contributed by atoms with van der Waals surface area (Å²) in [6.07, 6.45) is 2.90. The average Bonchev–Trinajstić information content (AvgIpc) is 2.27. The Kier molecular flexibility index (Phi) is 3.71. The van der Waals surface area contributed by atoms with Gasteiger partial charge in [0.25, 0.3) is 0 Å². The molecule has 3 nitrogen and oxygen atoms in total. The minimum Gasteiger partial charge on any atom is -0.394 e. The Morgan fingerprint density at radius 1 is 1.50 bits per heavy atom. The second-order valence-electron chi connectivity index (χ2n) is 5.36.